The smallest absolute Gasteiger partial charge is 0.211 e. The quantitative estimate of drug-likeness (QED) is 0.808. The molecule has 0 aromatic carbocycles. The van der Waals surface area contributed by atoms with Crippen LogP contribution in [0.4, 0.5) is 0 Å². The van der Waals surface area contributed by atoms with E-state index < -0.39 is 10.0 Å². The van der Waals surface area contributed by atoms with E-state index in [-0.39, 0.29) is 5.75 Å². The average Bonchev–Trinajstić information content (AvgIpc) is 2.52. The number of hydrogen-bond donors (Lipinski definition) is 1. The molecule has 2 saturated heterocycles. The van der Waals surface area contributed by atoms with Gasteiger partial charge in [-0.1, -0.05) is 6.92 Å². The topological polar surface area (TPSA) is 49.4 Å². The SMILES string of the molecule is CCCS(=O)(=O)NCC1CC2CCC(C1)N2C. The van der Waals surface area contributed by atoms with Gasteiger partial charge in [0.15, 0.2) is 0 Å². The number of hydrogen-bond acceptors (Lipinski definition) is 3. The molecule has 2 heterocycles. The molecular formula is C12H24N2O2S. The Morgan fingerprint density at radius 3 is 2.35 bits per heavy atom. The monoisotopic (exact) mass is 260 g/mol. The highest BCUT2D eigenvalue weighted by molar-refractivity contribution is 7.89. The van der Waals surface area contributed by atoms with Crippen LogP contribution in [0.5, 0.6) is 0 Å². The van der Waals surface area contributed by atoms with Crippen LogP contribution < -0.4 is 4.72 Å². The summed E-state index contributed by atoms with van der Waals surface area (Å²) in [5, 5.41) is 0. The Morgan fingerprint density at radius 1 is 1.24 bits per heavy atom. The van der Waals surface area contributed by atoms with Gasteiger partial charge in [-0.15, -0.1) is 0 Å². The minimum Gasteiger partial charge on any atom is -0.300 e. The van der Waals surface area contributed by atoms with Crippen molar-refractivity contribution in [3.63, 3.8) is 0 Å². The van der Waals surface area contributed by atoms with Gasteiger partial charge in [0.2, 0.25) is 10.0 Å². The third kappa shape index (κ3) is 3.20. The van der Waals surface area contributed by atoms with Gasteiger partial charge in [0.25, 0.3) is 0 Å². The van der Waals surface area contributed by atoms with E-state index in [1.54, 1.807) is 0 Å². The van der Waals surface area contributed by atoms with Crippen molar-refractivity contribution in [3.05, 3.63) is 0 Å². The Hall–Kier alpha value is -0.130. The van der Waals surface area contributed by atoms with Gasteiger partial charge in [-0.3, -0.25) is 0 Å². The Kier molecular flexibility index (Phi) is 4.10. The maximum atomic E-state index is 11.6. The second kappa shape index (κ2) is 5.24. The van der Waals surface area contributed by atoms with Gasteiger partial charge < -0.3 is 4.90 Å². The van der Waals surface area contributed by atoms with E-state index in [1.165, 1.54) is 12.8 Å². The predicted molar refractivity (Wildman–Crippen MR) is 69.4 cm³/mol. The first-order chi connectivity index (χ1) is 8.02. The summed E-state index contributed by atoms with van der Waals surface area (Å²) in [6.07, 6.45) is 5.58. The molecule has 17 heavy (non-hydrogen) atoms. The molecule has 2 rings (SSSR count). The van der Waals surface area contributed by atoms with Gasteiger partial charge in [0.1, 0.15) is 0 Å². The average molecular weight is 260 g/mol. The summed E-state index contributed by atoms with van der Waals surface area (Å²) < 4.78 is 26.0. The summed E-state index contributed by atoms with van der Waals surface area (Å²) in [6, 6.07) is 1.38. The lowest BCUT2D eigenvalue weighted by Gasteiger charge is -2.36. The molecular weight excluding hydrogens is 236 g/mol. The van der Waals surface area contributed by atoms with Crippen molar-refractivity contribution in [1.82, 2.24) is 9.62 Å². The van der Waals surface area contributed by atoms with Crippen LogP contribution in [0, 0.1) is 5.92 Å². The number of piperidine rings is 1. The second-order valence-electron chi connectivity index (χ2n) is 5.56. The minimum absolute atomic E-state index is 0.256. The van der Waals surface area contributed by atoms with Crippen LogP contribution in [0.15, 0.2) is 0 Å². The van der Waals surface area contributed by atoms with Crippen molar-refractivity contribution in [2.75, 3.05) is 19.3 Å². The van der Waals surface area contributed by atoms with E-state index in [2.05, 4.69) is 16.7 Å². The van der Waals surface area contributed by atoms with E-state index >= 15 is 0 Å². The zero-order valence-electron chi connectivity index (χ0n) is 10.9. The van der Waals surface area contributed by atoms with Crippen molar-refractivity contribution < 1.29 is 8.42 Å². The summed E-state index contributed by atoms with van der Waals surface area (Å²) in [6.45, 7) is 2.54. The Morgan fingerprint density at radius 2 is 1.82 bits per heavy atom. The van der Waals surface area contributed by atoms with Crippen molar-refractivity contribution in [1.29, 1.82) is 0 Å². The van der Waals surface area contributed by atoms with Crippen LogP contribution in [0.25, 0.3) is 0 Å². The lowest BCUT2D eigenvalue weighted by atomic mass is 9.91. The maximum Gasteiger partial charge on any atom is 0.211 e. The standard InChI is InChI=1S/C12H24N2O2S/c1-3-6-17(15,16)13-9-10-7-11-4-5-12(8-10)14(11)2/h10-13H,3-9H2,1-2H3. The van der Waals surface area contributed by atoms with Crippen molar-refractivity contribution in [2.24, 2.45) is 5.92 Å². The lowest BCUT2D eigenvalue weighted by molar-refractivity contribution is 0.135. The van der Waals surface area contributed by atoms with Crippen LogP contribution in [0.1, 0.15) is 39.0 Å². The van der Waals surface area contributed by atoms with Gasteiger partial charge in [0, 0.05) is 18.6 Å². The van der Waals surface area contributed by atoms with Crippen molar-refractivity contribution >= 4 is 10.0 Å². The maximum absolute atomic E-state index is 11.6. The Labute approximate surface area is 105 Å². The highest BCUT2D eigenvalue weighted by Crippen LogP contribution is 2.37. The summed E-state index contributed by atoms with van der Waals surface area (Å²) in [4.78, 5) is 2.48. The fourth-order valence-corrected chi connectivity index (χ4v) is 4.45. The van der Waals surface area contributed by atoms with Gasteiger partial charge in [-0.25, -0.2) is 13.1 Å². The first-order valence-corrected chi connectivity index (χ1v) is 8.36. The van der Waals surface area contributed by atoms with Crippen LogP contribution in [-0.2, 0) is 10.0 Å². The van der Waals surface area contributed by atoms with Gasteiger partial charge in [-0.05, 0) is 45.1 Å². The molecule has 2 bridgehead atoms. The van der Waals surface area contributed by atoms with E-state index in [4.69, 9.17) is 0 Å². The third-order valence-electron chi connectivity index (χ3n) is 4.26. The molecule has 5 heteroatoms. The zero-order chi connectivity index (χ0) is 12.5. The molecule has 0 aromatic rings. The number of fused-ring (bicyclic) bond motifs is 2. The molecule has 0 aromatic heterocycles. The molecule has 0 saturated carbocycles. The molecule has 2 unspecified atom stereocenters. The highest BCUT2D eigenvalue weighted by atomic mass is 32.2. The summed E-state index contributed by atoms with van der Waals surface area (Å²) in [5.41, 5.74) is 0. The molecule has 1 N–H and O–H groups in total. The normalized spacial score (nSPS) is 34.1. The molecule has 0 aliphatic carbocycles. The number of rotatable bonds is 5. The fourth-order valence-electron chi connectivity index (χ4n) is 3.28. The molecule has 2 aliphatic heterocycles. The van der Waals surface area contributed by atoms with Crippen LogP contribution in [0.2, 0.25) is 0 Å². The Bertz CT molecular complexity index is 342. The van der Waals surface area contributed by atoms with Crippen LogP contribution >= 0.6 is 0 Å². The summed E-state index contributed by atoms with van der Waals surface area (Å²) in [5.74, 6) is 0.794. The molecule has 2 aliphatic rings. The summed E-state index contributed by atoms with van der Waals surface area (Å²) >= 11 is 0. The molecule has 2 fully saturated rings. The molecule has 100 valence electrons. The van der Waals surface area contributed by atoms with E-state index in [9.17, 15) is 8.42 Å². The fraction of sp³-hybridized carbons (Fsp3) is 1.00. The van der Waals surface area contributed by atoms with Crippen LogP contribution in [0.3, 0.4) is 0 Å². The van der Waals surface area contributed by atoms with Gasteiger partial charge in [-0.2, -0.15) is 0 Å². The Balaban J connectivity index is 1.82. The number of nitrogens with one attached hydrogen (secondary N) is 1. The van der Waals surface area contributed by atoms with Crippen molar-refractivity contribution in [3.8, 4) is 0 Å². The first-order valence-electron chi connectivity index (χ1n) is 6.71. The number of nitrogens with zero attached hydrogens (tertiary/aromatic N) is 1. The molecule has 0 radical (unpaired) electrons. The summed E-state index contributed by atoms with van der Waals surface area (Å²) in [7, 11) is -0.815. The third-order valence-corrected chi connectivity index (χ3v) is 5.81. The predicted octanol–water partition coefficient (Wildman–Crippen LogP) is 1.19. The molecule has 2 atom stereocenters. The van der Waals surface area contributed by atoms with Crippen molar-refractivity contribution in [2.45, 2.75) is 51.1 Å². The lowest BCUT2D eigenvalue weighted by Crippen LogP contribution is -2.43. The minimum atomic E-state index is -3.02. The van der Waals surface area contributed by atoms with E-state index in [1.807, 2.05) is 6.92 Å². The highest BCUT2D eigenvalue weighted by Gasteiger charge is 2.38. The zero-order valence-corrected chi connectivity index (χ0v) is 11.7. The van der Waals surface area contributed by atoms with Gasteiger partial charge in [0.05, 0.1) is 5.75 Å². The molecule has 0 amide bonds. The molecule has 0 spiro atoms. The number of sulfonamides is 1. The first kappa shape index (κ1) is 13.3. The molecule has 4 nitrogen and oxygen atoms in total. The largest absolute Gasteiger partial charge is 0.300 e. The second-order valence-corrected chi connectivity index (χ2v) is 7.48. The van der Waals surface area contributed by atoms with Gasteiger partial charge >= 0.3 is 0 Å². The van der Waals surface area contributed by atoms with Crippen LogP contribution in [-0.4, -0.2) is 44.7 Å². The van der Waals surface area contributed by atoms with E-state index in [0.717, 1.165) is 12.8 Å². The van der Waals surface area contributed by atoms with E-state index in [0.29, 0.717) is 31.0 Å².